The number of carbonyl (C=O) groups excluding carboxylic acids is 1. The molecule has 4 aromatic rings. The van der Waals surface area contributed by atoms with Crippen LogP contribution in [0.2, 0.25) is 0 Å². The molecule has 1 saturated heterocycles. The molecule has 1 aromatic heterocycles. The Morgan fingerprint density at radius 2 is 1.63 bits per heavy atom. The summed E-state index contributed by atoms with van der Waals surface area (Å²) in [5, 5.41) is 0.791. The van der Waals surface area contributed by atoms with E-state index in [9.17, 15) is 13.2 Å². The second kappa shape index (κ2) is 10.3. The van der Waals surface area contributed by atoms with Crippen molar-refractivity contribution in [1.29, 1.82) is 0 Å². The summed E-state index contributed by atoms with van der Waals surface area (Å²) in [5.41, 5.74) is 2.85. The molecule has 1 amide bonds. The number of carbonyl (C=O) groups is 1. The largest absolute Gasteiger partial charge is 0.329 e. The fraction of sp³-hybridized carbons (Fsp3) is 0.290. The van der Waals surface area contributed by atoms with Crippen molar-refractivity contribution >= 4 is 26.6 Å². The number of benzene rings is 3. The van der Waals surface area contributed by atoms with Gasteiger partial charge in [-0.1, -0.05) is 60.7 Å². The van der Waals surface area contributed by atoms with E-state index in [4.69, 9.17) is 0 Å². The number of sulfone groups is 1. The average Bonchev–Trinajstić information content (AvgIpc) is 3.77. The van der Waals surface area contributed by atoms with Crippen LogP contribution in [0.4, 0.5) is 0 Å². The fourth-order valence-corrected chi connectivity index (χ4v) is 6.95. The van der Waals surface area contributed by atoms with Crippen LogP contribution in [0, 0.1) is 5.92 Å². The molecule has 6 rings (SSSR count). The SMILES string of the molecule is O=C(c1ccc(CS(=O)(=O)c2cccc3cccnc23)cc1)N1CCN(CC2CC2)C[C@@H]1c1ccccc1. The third-order valence-electron chi connectivity index (χ3n) is 7.61. The van der Waals surface area contributed by atoms with Crippen LogP contribution in [0.25, 0.3) is 10.9 Å². The van der Waals surface area contributed by atoms with Crippen LogP contribution < -0.4 is 0 Å². The summed E-state index contributed by atoms with van der Waals surface area (Å²) in [6, 6.07) is 26.1. The van der Waals surface area contributed by atoms with Gasteiger partial charge in [0, 0.05) is 43.3 Å². The van der Waals surface area contributed by atoms with Crippen LogP contribution in [0.3, 0.4) is 0 Å². The molecule has 0 bridgehead atoms. The maximum absolute atomic E-state index is 13.7. The summed E-state index contributed by atoms with van der Waals surface area (Å²) in [6.07, 6.45) is 4.23. The van der Waals surface area contributed by atoms with Crippen LogP contribution in [-0.2, 0) is 15.6 Å². The van der Waals surface area contributed by atoms with Gasteiger partial charge in [0.2, 0.25) is 0 Å². The molecule has 0 N–H and O–H groups in total. The Labute approximate surface area is 223 Å². The number of para-hydroxylation sites is 1. The second-order valence-corrected chi connectivity index (χ2v) is 12.4. The van der Waals surface area contributed by atoms with Gasteiger partial charge in [-0.05, 0) is 54.2 Å². The van der Waals surface area contributed by atoms with Crippen LogP contribution in [0.5, 0.6) is 0 Å². The average molecular weight is 526 g/mol. The van der Waals surface area contributed by atoms with Gasteiger partial charge in [0.15, 0.2) is 9.84 Å². The first kappa shape index (κ1) is 24.8. The number of fused-ring (bicyclic) bond motifs is 1. The molecule has 1 atom stereocenters. The summed E-state index contributed by atoms with van der Waals surface area (Å²) in [7, 11) is -3.61. The van der Waals surface area contributed by atoms with E-state index in [2.05, 4.69) is 22.0 Å². The number of aromatic nitrogens is 1. The van der Waals surface area contributed by atoms with Crippen molar-refractivity contribution in [3.63, 3.8) is 0 Å². The number of hydrogen-bond acceptors (Lipinski definition) is 5. The summed E-state index contributed by atoms with van der Waals surface area (Å²) in [5.74, 6) is 0.642. The molecule has 1 aliphatic heterocycles. The predicted molar refractivity (Wildman–Crippen MR) is 148 cm³/mol. The zero-order chi connectivity index (χ0) is 26.1. The van der Waals surface area contributed by atoms with Crippen molar-refractivity contribution < 1.29 is 13.2 Å². The zero-order valence-electron chi connectivity index (χ0n) is 21.2. The normalized spacial score (nSPS) is 18.5. The Bertz CT molecular complexity index is 1550. The standard InChI is InChI=1S/C31H31N3O3S/c35-31(34-19-18-33(20-23-11-12-23)21-28(34)25-6-2-1-3-7-25)27-15-13-24(14-16-27)22-38(36,37)29-10-4-8-26-9-5-17-32-30(26)29/h1-10,13-17,23,28H,11-12,18-22H2/t28-/m1/s1. The Morgan fingerprint density at radius 3 is 2.39 bits per heavy atom. The minimum Gasteiger partial charge on any atom is -0.329 e. The molecule has 6 nitrogen and oxygen atoms in total. The maximum atomic E-state index is 13.7. The molecule has 2 fully saturated rings. The first-order chi connectivity index (χ1) is 18.5. The molecular formula is C31H31N3O3S. The molecular weight excluding hydrogens is 494 g/mol. The highest BCUT2D eigenvalue weighted by Crippen LogP contribution is 2.33. The summed E-state index contributed by atoms with van der Waals surface area (Å²) in [6.45, 7) is 3.50. The minimum absolute atomic E-state index is 0.00452. The highest BCUT2D eigenvalue weighted by Gasteiger charge is 2.34. The lowest BCUT2D eigenvalue weighted by Gasteiger charge is -2.42. The van der Waals surface area contributed by atoms with Crippen molar-refractivity contribution in [1.82, 2.24) is 14.8 Å². The van der Waals surface area contributed by atoms with Crippen LogP contribution >= 0.6 is 0 Å². The van der Waals surface area contributed by atoms with Gasteiger partial charge in [0.25, 0.3) is 5.91 Å². The lowest BCUT2D eigenvalue weighted by Crippen LogP contribution is -2.51. The van der Waals surface area contributed by atoms with Gasteiger partial charge >= 0.3 is 0 Å². The highest BCUT2D eigenvalue weighted by atomic mass is 32.2. The Balaban J connectivity index is 1.21. The number of amides is 1. The van der Waals surface area contributed by atoms with E-state index >= 15 is 0 Å². The van der Waals surface area contributed by atoms with E-state index in [1.165, 1.54) is 12.8 Å². The molecule has 7 heteroatoms. The van der Waals surface area contributed by atoms with Crippen LogP contribution in [0.1, 0.15) is 40.4 Å². The Hall–Kier alpha value is -3.55. The molecule has 1 saturated carbocycles. The van der Waals surface area contributed by atoms with Crippen LogP contribution in [-0.4, -0.2) is 55.3 Å². The minimum atomic E-state index is -3.61. The molecule has 3 aromatic carbocycles. The van der Waals surface area contributed by atoms with Crippen molar-refractivity contribution in [3.05, 3.63) is 108 Å². The van der Waals surface area contributed by atoms with Gasteiger partial charge in [-0.15, -0.1) is 0 Å². The van der Waals surface area contributed by atoms with Gasteiger partial charge in [-0.3, -0.25) is 14.7 Å². The number of pyridine rings is 1. The van der Waals surface area contributed by atoms with Crippen molar-refractivity contribution in [2.24, 2.45) is 5.92 Å². The Kier molecular flexibility index (Phi) is 6.72. The third kappa shape index (κ3) is 5.22. The molecule has 2 heterocycles. The lowest BCUT2D eigenvalue weighted by atomic mass is 10.0. The van der Waals surface area contributed by atoms with Gasteiger partial charge in [0.1, 0.15) is 0 Å². The van der Waals surface area contributed by atoms with E-state index in [1.54, 1.807) is 48.7 Å². The predicted octanol–water partition coefficient (Wildman–Crippen LogP) is 5.12. The van der Waals surface area contributed by atoms with E-state index in [0.717, 1.165) is 36.5 Å². The smallest absolute Gasteiger partial charge is 0.254 e. The topological polar surface area (TPSA) is 70.6 Å². The van der Waals surface area contributed by atoms with E-state index in [1.807, 2.05) is 35.2 Å². The van der Waals surface area contributed by atoms with Crippen molar-refractivity contribution in [3.8, 4) is 0 Å². The van der Waals surface area contributed by atoms with Gasteiger partial charge in [-0.25, -0.2) is 8.42 Å². The van der Waals surface area contributed by atoms with Crippen molar-refractivity contribution in [2.45, 2.75) is 29.5 Å². The monoisotopic (exact) mass is 525 g/mol. The Morgan fingerprint density at radius 1 is 0.868 bits per heavy atom. The number of rotatable bonds is 7. The third-order valence-corrected chi connectivity index (χ3v) is 9.32. The van der Waals surface area contributed by atoms with E-state index in [0.29, 0.717) is 23.2 Å². The summed E-state index contributed by atoms with van der Waals surface area (Å²) >= 11 is 0. The van der Waals surface area contributed by atoms with Gasteiger partial charge in [-0.2, -0.15) is 0 Å². The number of piperazine rings is 1. The summed E-state index contributed by atoms with van der Waals surface area (Å²) in [4.78, 5) is 22.7. The molecule has 38 heavy (non-hydrogen) atoms. The molecule has 1 aliphatic carbocycles. The number of nitrogens with zero attached hydrogens (tertiary/aromatic N) is 3. The zero-order valence-corrected chi connectivity index (χ0v) is 22.1. The maximum Gasteiger partial charge on any atom is 0.254 e. The first-order valence-electron chi connectivity index (χ1n) is 13.2. The number of hydrogen-bond donors (Lipinski definition) is 0. The molecule has 0 radical (unpaired) electrons. The fourth-order valence-electron chi connectivity index (χ4n) is 5.41. The molecule has 194 valence electrons. The lowest BCUT2D eigenvalue weighted by molar-refractivity contribution is 0.0441. The quantitative estimate of drug-likeness (QED) is 0.335. The highest BCUT2D eigenvalue weighted by molar-refractivity contribution is 7.90. The van der Waals surface area contributed by atoms with E-state index < -0.39 is 9.84 Å². The molecule has 0 unspecified atom stereocenters. The van der Waals surface area contributed by atoms with Crippen molar-refractivity contribution in [2.75, 3.05) is 26.2 Å². The van der Waals surface area contributed by atoms with Gasteiger partial charge < -0.3 is 4.90 Å². The summed E-state index contributed by atoms with van der Waals surface area (Å²) < 4.78 is 26.5. The second-order valence-electron chi connectivity index (χ2n) is 10.4. The molecule has 0 spiro atoms. The van der Waals surface area contributed by atoms with Crippen LogP contribution in [0.15, 0.2) is 96.0 Å². The molecule has 2 aliphatic rings. The first-order valence-corrected chi connectivity index (χ1v) is 14.9. The van der Waals surface area contributed by atoms with Gasteiger partial charge in [0.05, 0.1) is 22.2 Å². The van der Waals surface area contributed by atoms with E-state index in [-0.39, 0.29) is 22.6 Å².